The van der Waals surface area contributed by atoms with E-state index in [0.717, 1.165) is 0 Å². The molecule has 4 nitrogen and oxygen atoms in total. The van der Waals surface area contributed by atoms with Crippen LogP contribution in [0.3, 0.4) is 0 Å². The van der Waals surface area contributed by atoms with Crippen molar-refractivity contribution in [2.24, 2.45) is 0 Å². The smallest absolute Gasteiger partial charge is 0.297 e. The topological polar surface area (TPSA) is 80.4 Å². The van der Waals surface area contributed by atoms with Crippen molar-refractivity contribution in [2.45, 2.75) is 4.90 Å². The normalized spacial score (nSPS) is 11.6. The third-order valence-corrected chi connectivity index (χ3v) is 3.53. The van der Waals surface area contributed by atoms with Crippen LogP contribution in [-0.2, 0) is 10.1 Å². The van der Waals surface area contributed by atoms with Crippen molar-refractivity contribution in [3.8, 4) is 0 Å². The number of rotatable bonds is 1. The van der Waals surface area contributed by atoms with Gasteiger partial charge < -0.3 is 5.73 Å². The second kappa shape index (κ2) is 3.45. The van der Waals surface area contributed by atoms with Crippen LogP contribution < -0.4 is 5.73 Å². The molecule has 1 aromatic carbocycles. The van der Waals surface area contributed by atoms with Crippen molar-refractivity contribution < 1.29 is 13.0 Å². The van der Waals surface area contributed by atoms with Crippen LogP contribution in [0.2, 0.25) is 5.02 Å². The average Bonchev–Trinajstić information content (AvgIpc) is 1.78. The van der Waals surface area contributed by atoms with E-state index >= 15 is 0 Å². The molecule has 0 radical (unpaired) electrons. The fourth-order valence-electron chi connectivity index (χ4n) is 0.826. The molecule has 1 aromatic rings. The molecular weight excluding hydrogens is 281 g/mol. The SMILES string of the molecule is Nc1cc(Cl)c(S(=O)(=O)O)c(Br)c1. The van der Waals surface area contributed by atoms with Crippen LogP contribution in [0, 0.1) is 0 Å². The molecule has 7 heteroatoms. The molecule has 72 valence electrons. The highest BCUT2D eigenvalue weighted by molar-refractivity contribution is 9.10. The number of nitrogen functional groups attached to an aromatic ring is 1. The lowest BCUT2D eigenvalue weighted by Gasteiger charge is -2.04. The maximum atomic E-state index is 10.8. The molecule has 0 heterocycles. The van der Waals surface area contributed by atoms with E-state index in [0.29, 0.717) is 5.69 Å². The van der Waals surface area contributed by atoms with E-state index in [1.165, 1.54) is 12.1 Å². The van der Waals surface area contributed by atoms with Crippen LogP contribution in [0.1, 0.15) is 0 Å². The van der Waals surface area contributed by atoms with Gasteiger partial charge in [-0.2, -0.15) is 8.42 Å². The Labute approximate surface area is 88.6 Å². The minimum atomic E-state index is -4.32. The zero-order chi connectivity index (χ0) is 10.2. The van der Waals surface area contributed by atoms with Gasteiger partial charge >= 0.3 is 0 Å². The molecule has 1 rings (SSSR count). The van der Waals surface area contributed by atoms with Gasteiger partial charge in [0.25, 0.3) is 10.1 Å². The molecular formula is C6H5BrClNO3S. The number of hydrogen-bond donors (Lipinski definition) is 2. The van der Waals surface area contributed by atoms with E-state index in [1.807, 2.05) is 0 Å². The molecule has 0 unspecified atom stereocenters. The molecule has 0 aliphatic carbocycles. The number of anilines is 1. The Morgan fingerprint density at radius 2 is 2.00 bits per heavy atom. The van der Waals surface area contributed by atoms with Gasteiger partial charge in [-0.05, 0) is 28.1 Å². The molecule has 0 amide bonds. The van der Waals surface area contributed by atoms with Crippen molar-refractivity contribution in [3.63, 3.8) is 0 Å². The first-order valence-corrected chi connectivity index (χ1v) is 5.65. The van der Waals surface area contributed by atoms with Crippen molar-refractivity contribution in [1.82, 2.24) is 0 Å². The highest BCUT2D eigenvalue weighted by Gasteiger charge is 2.18. The first-order valence-electron chi connectivity index (χ1n) is 3.04. The third-order valence-electron chi connectivity index (χ3n) is 1.28. The van der Waals surface area contributed by atoms with Crippen molar-refractivity contribution >= 4 is 43.3 Å². The van der Waals surface area contributed by atoms with Crippen molar-refractivity contribution in [2.75, 3.05) is 5.73 Å². The molecule has 0 saturated heterocycles. The molecule has 0 bridgehead atoms. The Hall–Kier alpha value is -0.300. The highest BCUT2D eigenvalue weighted by Crippen LogP contribution is 2.31. The van der Waals surface area contributed by atoms with Crippen LogP contribution >= 0.6 is 27.5 Å². The van der Waals surface area contributed by atoms with Crippen LogP contribution in [0.25, 0.3) is 0 Å². The van der Waals surface area contributed by atoms with E-state index in [-0.39, 0.29) is 14.4 Å². The molecule has 0 aliphatic rings. The number of hydrogen-bond acceptors (Lipinski definition) is 3. The highest BCUT2D eigenvalue weighted by atomic mass is 79.9. The molecule has 0 fully saturated rings. The second-order valence-corrected chi connectivity index (χ2v) is 4.91. The summed E-state index contributed by atoms with van der Waals surface area (Å²) in [5.74, 6) is 0. The lowest BCUT2D eigenvalue weighted by Crippen LogP contribution is -2.01. The minimum absolute atomic E-state index is 0.116. The maximum Gasteiger partial charge on any atom is 0.297 e. The van der Waals surface area contributed by atoms with E-state index < -0.39 is 10.1 Å². The molecule has 3 N–H and O–H groups in total. The Kier molecular flexibility index (Phi) is 2.86. The van der Waals surface area contributed by atoms with E-state index in [4.69, 9.17) is 21.9 Å². The molecule has 0 atom stereocenters. The monoisotopic (exact) mass is 285 g/mol. The van der Waals surface area contributed by atoms with Crippen LogP contribution in [0.5, 0.6) is 0 Å². The summed E-state index contributed by atoms with van der Waals surface area (Å²) in [5, 5.41) is -0.116. The van der Waals surface area contributed by atoms with E-state index in [9.17, 15) is 8.42 Å². The molecule has 0 saturated carbocycles. The summed E-state index contributed by atoms with van der Waals surface area (Å²) in [5.41, 5.74) is 5.69. The minimum Gasteiger partial charge on any atom is -0.399 e. The maximum absolute atomic E-state index is 10.8. The Morgan fingerprint density at radius 3 is 2.38 bits per heavy atom. The van der Waals surface area contributed by atoms with Crippen LogP contribution in [-0.4, -0.2) is 13.0 Å². The number of benzene rings is 1. The first kappa shape index (κ1) is 10.8. The van der Waals surface area contributed by atoms with Crippen molar-refractivity contribution in [3.05, 3.63) is 21.6 Å². The second-order valence-electron chi connectivity index (χ2n) is 2.29. The van der Waals surface area contributed by atoms with Crippen LogP contribution in [0.15, 0.2) is 21.5 Å². The van der Waals surface area contributed by atoms with Gasteiger partial charge in [-0.15, -0.1) is 0 Å². The van der Waals surface area contributed by atoms with E-state index in [1.54, 1.807) is 0 Å². The van der Waals surface area contributed by atoms with Crippen molar-refractivity contribution in [1.29, 1.82) is 0 Å². The van der Waals surface area contributed by atoms with Crippen LogP contribution in [0.4, 0.5) is 5.69 Å². The van der Waals surface area contributed by atoms with E-state index in [2.05, 4.69) is 15.9 Å². The predicted octanol–water partition coefficient (Wildman–Crippen LogP) is 1.93. The van der Waals surface area contributed by atoms with Gasteiger partial charge in [-0.1, -0.05) is 11.6 Å². The largest absolute Gasteiger partial charge is 0.399 e. The summed E-state index contributed by atoms with van der Waals surface area (Å²) in [6.07, 6.45) is 0. The number of halogens is 2. The lowest BCUT2D eigenvalue weighted by atomic mass is 10.3. The summed E-state index contributed by atoms with van der Waals surface area (Å²) in [4.78, 5) is -0.372. The lowest BCUT2D eigenvalue weighted by molar-refractivity contribution is 0.483. The zero-order valence-electron chi connectivity index (χ0n) is 6.16. The summed E-state index contributed by atoms with van der Waals surface area (Å²) in [6, 6.07) is 2.59. The zero-order valence-corrected chi connectivity index (χ0v) is 9.32. The molecule has 0 aliphatic heterocycles. The Morgan fingerprint density at radius 1 is 1.46 bits per heavy atom. The Bertz CT molecular complexity index is 422. The fourth-order valence-corrected chi connectivity index (χ4v) is 3.16. The molecule has 13 heavy (non-hydrogen) atoms. The molecule has 0 spiro atoms. The quantitative estimate of drug-likeness (QED) is 0.610. The van der Waals surface area contributed by atoms with Gasteiger partial charge in [-0.3, -0.25) is 4.55 Å². The Balaban J connectivity index is 3.57. The van der Waals surface area contributed by atoms with Gasteiger partial charge in [0, 0.05) is 10.2 Å². The number of nitrogens with two attached hydrogens (primary N) is 1. The van der Waals surface area contributed by atoms with Gasteiger partial charge in [-0.25, -0.2) is 0 Å². The summed E-state index contributed by atoms with van der Waals surface area (Å²) < 4.78 is 30.5. The van der Waals surface area contributed by atoms with Gasteiger partial charge in [0.2, 0.25) is 0 Å². The summed E-state index contributed by atoms with van der Waals surface area (Å²) in [7, 11) is -4.32. The summed E-state index contributed by atoms with van der Waals surface area (Å²) >= 11 is 8.50. The average molecular weight is 287 g/mol. The standard InChI is InChI=1S/C6H5BrClNO3S/c7-4-1-3(9)2-5(8)6(4)13(10,11)12/h1-2H,9H2,(H,10,11,12). The van der Waals surface area contributed by atoms with Gasteiger partial charge in [0.15, 0.2) is 0 Å². The predicted molar refractivity (Wildman–Crippen MR) is 53.4 cm³/mol. The van der Waals surface area contributed by atoms with Gasteiger partial charge in [0.1, 0.15) is 4.90 Å². The fraction of sp³-hybridized carbons (Fsp3) is 0. The third kappa shape index (κ3) is 2.34. The molecule has 0 aromatic heterocycles. The summed E-state index contributed by atoms with van der Waals surface area (Å²) in [6.45, 7) is 0. The first-order chi connectivity index (χ1) is 5.82. The van der Waals surface area contributed by atoms with Gasteiger partial charge in [0.05, 0.1) is 5.02 Å².